The van der Waals surface area contributed by atoms with Crippen LogP contribution in [0.4, 0.5) is 5.69 Å². The number of unbranched alkanes of at least 4 members (excludes halogenated alkanes) is 2. The van der Waals surface area contributed by atoms with Gasteiger partial charge in [0.2, 0.25) is 0 Å². The van der Waals surface area contributed by atoms with E-state index in [4.69, 9.17) is 4.74 Å². The molecule has 0 heterocycles. The monoisotopic (exact) mass is 379 g/mol. The first kappa shape index (κ1) is 20.0. The molecule has 0 spiro atoms. The lowest BCUT2D eigenvalue weighted by molar-refractivity contribution is 0.0696. The highest BCUT2D eigenvalue weighted by Crippen LogP contribution is 2.36. The van der Waals surface area contributed by atoms with Gasteiger partial charge in [-0.05, 0) is 31.1 Å². The summed E-state index contributed by atoms with van der Waals surface area (Å²) >= 11 is 0. The van der Waals surface area contributed by atoms with Crippen molar-refractivity contribution < 1.29 is 23.1 Å². The van der Waals surface area contributed by atoms with Crippen LogP contribution in [-0.4, -0.2) is 32.3 Å². The average molecular weight is 379 g/mol. The van der Waals surface area contributed by atoms with E-state index in [0.717, 1.165) is 38.0 Å². The average Bonchev–Trinajstić information content (AvgIpc) is 2.59. The number of sulfone groups is 1. The largest absolute Gasteiger partial charge is 0.478 e. The fourth-order valence-corrected chi connectivity index (χ4v) is 3.46. The molecule has 0 aromatic heterocycles. The molecule has 0 saturated carbocycles. The highest BCUT2D eigenvalue weighted by atomic mass is 32.2. The molecule has 0 fully saturated rings. The molecule has 7 heteroatoms. The summed E-state index contributed by atoms with van der Waals surface area (Å²) in [5.41, 5.74) is 0.296. The first-order valence-electron chi connectivity index (χ1n) is 8.71. The van der Waals surface area contributed by atoms with E-state index in [1.165, 1.54) is 6.07 Å². The van der Waals surface area contributed by atoms with Gasteiger partial charge in [0, 0.05) is 19.2 Å². The van der Waals surface area contributed by atoms with E-state index in [1.54, 1.807) is 6.08 Å². The molecule has 1 aliphatic rings. The summed E-state index contributed by atoms with van der Waals surface area (Å²) in [6, 6.07) is 2.58. The lowest BCUT2D eigenvalue weighted by atomic mass is 10.1. The van der Waals surface area contributed by atoms with Crippen molar-refractivity contribution in [3.05, 3.63) is 41.7 Å². The predicted molar refractivity (Wildman–Crippen MR) is 102 cm³/mol. The minimum atomic E-state index is -3.67. The molecule has 2 rings (SSSR count). The van der Waals surface area contributed by atoms with Crippen LogP contribution in [0.2, 0.25) is 0 Å². The predicted octanol–water partition coefficient (Wildman–Crippen LogP) is 4.00. The van der Waals surface area contributed by atoms with Gasteiger partial charge in [-0.1, -0.05) is 31.9 Å². The van der Waals surface area contributed by atoms with Crippen LogP contribution in [0.25, 0.3) is 0 Å². The highest BCUT2D eigenvalue weighted by Gasteiger charge is 2.23. The topological polar surface area (TPSA) is 92.7 Å². The number of carboxylic acids is 1. The second kappa shape index (κ2) is 8.89. The van der Waals surface area contributed by atoms with Gasteiger partial charge in [0.05, 0.1) is 11.3 Å². The second-order valence-electron chi connectivity index (χ2n) is 6.26. The molecular formula is C19H25NO5S. The maximum atomic E-state index is 12.3. The van der Waals surface area contributed by atoms with Crippen molar-refractivity contribution in [2.75, 3.05) is 18.1 Å². The van der Waals surface area contributed by atoms with E-state index in [-0.39, 0.29) is 16.2 Å². The number of aromatic carboxylic acids is 1. The SMILES string of the molecule is CCCCCNc1cc(C(=O)O)cc(S(C)(=O)=O)c1OC1=CC=CCC1. The first-order valence-corrected chi connectivity index (χ1v) is 10.6. The minimum Gasteiger partial charge on any atom is -0.478 e. The number of allylic oxidation sites excluding steroid dienone is 4. The molecular weight excluding hydrogens is 354 g/mol. The molecule has 6 nitrogen and oxygen atoms in total. The molecule has 0 radical (unpaired) electrons. The molecule has 0 bridgehead atoms. The zero-order valence-electron chi connectivity index (χ0n) is 15.1. The Balaban J connectivity index is 2.49. The molecule has 142 valence electrons. The van der Waals surface area contributed by atoms with Crippen molar-refractivity contribution >= 4 is 21.5 Å². The van der Waals surface area contributed by atoms with Gasteiger partial charge in [0.25, 0.3) is 0 Å². The third kappa shape index (κ3) is 5.36. The normalized spacial score (nSPS) is 14.0. The third-order valence-electron chi connectivity index (χ3n) is 4.01. The van der Waals surface area contributed by atoms with E-state index >= 15 is 0 Å². The van der Waals surface area contributed by atoms with Crippen molar-refractivity contribution in [3.8, 4) is 5.75 Å². The van der Waals surface area contributed by atoms with Crippen LogP contribution in [-0.2, 0) is 9.84 Å². The van der Waals surface area contributed by atoms with Crippen LogP contribution >= 0.6 is 0 Å². The van der Waals surface area contributed by atoms with Crippen LogP contribution in [0.1, 0.15) is 49.4 Å². The lowest BCUT2D eigenvalue weighted by Crippen LogP contribution is -2.11. The number of hydrogen-bond donors (Lipinski definition) is 2. The van der Waals surface area contributed by atoms with Crippen molar-refractivity contribution in [3.63, 3.8) is 0 Å². The summed E-state index contributed by atoms with van der Waals surface area (Å²) in [5, 5.41) is 12.5. The Morgan fingerprint density at radius 3 is 2.65 bits per heavy atom. The molecule has 1 aromatic rings. The highest BCUT2D eigenvalue weighted by molar-refractivity contribution is 7.90. The van der Waals surface area contributed by atoms with E-state index in [0.29, 0.717) is 24.4 Å². The summed E-state index contributed by atoms with van der Waals surface area (Å²) < 4.78 is 30.4. The molecule has 26 heavy (non-hydrogen) atoms. The maximum absolute atomic E-state index is 12.3. The number of ether oxygens (including phenoxy) is 1. The Hall–Kier alpha value is -2.28. The van der Waals surface area contributed by atoms with Gasteiger partial charge < -0.3 is 15.2 Å². The molecule has 0 unspecified atom stereocenters. The number of anilines is 1. The quantitative estimate of drug-likeness (QED) is 0.630. The number of carbonyl (C=O) groups is 1. The first-order chi connectivity index (χ1) is 12.3. The summed E-state index contributed by atoms with van der Waals surface area (Å²) in [6.45, 7) is 2.69. The second-order valence-corrected chi connectivity index (χ2v) is 8.25. The minimum absolute atomic E-state index is 0.0895. The lowest BCUT2D eigenvalue weighted by Gasteiger charge is -2.19. The summed E-state index contributed by atoms with van der Waals surface area (Å²) in [5.74, 6) is -0.370. The van der Waals surface area contributed by atoms with Crippen LogP contribution in [0.15, 0.2) is 41.0 Å². The molecule has 1 aromatic carbocycles. The van der Waals surface area contributed by atoms with Gasteiger partial charge in [-0.3, -0.25) is 0 Å². The van der Waals surface area contributed by atoms with Gasteiger partial charge in [0.1, 0.15) is 10.7 Å². The number of carboxylic acid groups (broad SMARTS) is 1. The Bertz CT molecular complexity index is 825. The van der Waals surface area contributed by atoms with Crippen LogP contribution in [0.5, 0.6) is 5.75 Å². The Morgan fingerprint density at radius 2 is 2.08 bits per heavy atom. The number of hydrogen-bond acceptors (Lipinski definition) is 5. The molecule has 0 saturated heterocycles. The maximum Gasteiger partial charge on any atom is 0.335 e. The Labute approximate surface area is 154 Å². The molecule has 2 N–H and O–H groups in total. The van der Waals surface area contributed by atoms with Gasteiger partial charge >= 0.3 is 5.97 Å². The third-order valence-corrected chi connectivity index (χ3v) is 5.11. The molecule has 0 amide bonds. The van der Waals surface area contributed by atoms with Crippen molar-refractivity contribution in [1.29, 1.82) is 0 Å². The Kier molecular flexibility index (Phi) is 6.85. The van der Waals surface area contributed by atoms with E-state index < -0.39 is 15.8 Å². The fraction of sp³-hybridized carbons (Fsp3) is 0.421. The van der Waals surface area contributed by atoms with Gasteiger partial charge in [0.15, 0.2) is 15.6 Å². The summed E-state index contributed by atoms with van der Waals surface area (Å²) in [4.78, 5) is 11.3. The molecule has 1 aliphatic carbocycles. The van der Waals surface area contributed by atoms with Crippen molar-refractivity contribution in [1.82, 2.24) is 0 Å². The van der Waals surface area contributed by atoms with E-state index in [1.807, 2.05) is 12.2 Å². The number of benzene rings is 1. The summed E-state index contributed by atoms with van der Waals surface area (Å²) in [6.07, 6.45) is 11.2. The molecule has 0 atom stereocenters. The van der Waals surface area contributed by atoms with Crippen LogP contribution in [0.3, 0.4) is 0 Å². The number of nitrogens with one attached hydrogen (secondary N) is 1. The van der Waals surface area contributed by atoms with Gasteiger partial charge in [-0.2, -0.15) is 0 Å². The van der Waals surface area contributed by atoms with Gasteiger partial charge in [-0.25, -0.2) is 13.2 Å². The molecule has 0 aliphatic heterocycles. The van der Waals surface area contributed by atoms with E-state index in [9.17, 15) is 18.3 Å². The zero-order chi connectivity index (χ0) is 19.2. The smallest absolute Gasteiger partial charge is 0.335 e. The number of rotatable bonds is 9. The van der Waals surface area contributed by atoms with E-state index in [2.05, 4.69) is 12.2 Å². The van der Waals surface area contributed by atoms with Crippen LogP contribution < -0.4 is 10.1 Å². The zero-order valence-corrected chi connectivity index (χ0v) is 15.9. The Morgan fingerprint density at radius 1 is 1.31 bits per heavy atom. The van der Waals surface area contributed by atoms with Crippen LogP contribution in [0, 0.1) is 0 Å². The van der Waals surface area contributed by atoms with Gasteiger partial charge in [-0.15, -0.1) is 0 Å². The van der Waals surface area contributed by atoms with Crippen molar-refractivity contribution in [2.45, 2.75) is 43.9 Å². The van der Waals surface area contributed by atoms with Crippen molar-refractivity contribution in [2.24, 2.45) is 0 Å². The summed E-state index contributed by atoms with van der Waals surface area (Å²) in [7, 11) is -3.67. The fourth-order valence-electron chi connectivity index (χ4n) is 2.63. The standard InChI is InChI=1S/C19H25NO5S/c1-3-4-8-11-20-16-12-14(19(21)22)13-17(26(2,23)24)18(16)25-15-9-6-5-7-10-15/h5-6,9,12-13,20H,3-4,7-8,10-11H2,1-2H3,(H,21,22).